The molecule has 244 valence electrons. The third-order valence-corrected chi connectivity index (χ3v) is 10.6. The largest absolute Gasteiger partial charge is 0.454 e. The maximum Gasteiger partial charge on any atom is 0.160 e. The minimum absolute atomic E-state index is 0.690. The highest BCUT2D eigenvalue weighted by Crippen LogP contribution is 2.42. The molecule has 0 aliphatic heterocycles. The number of aromatic nitrogens is 3. The molecular formula is C48H31N3O. The molecule has 4 heteroatoms. The van der Waals surface area contributed by atoms with Gasteiger partial charge in [-0.2, -0.15) is 0 Å². The summed E-state index contributed by atoms with van der Waals surface area (Å²) in [4.78, 5) is 10.4. The lowest BCUT2D eigenvalue weighted by Gasteiger charge is -2.13. The van der Waals surface area contributed by atoms with Crippen molar-refractivity contribution in [3.63, 3.8) is 0 Å². The number of fused-ring (bicyclic) bond motifs is 8. The van der Waals surface area contributed by atoms with E-state index in [4.69, 9.17) is 14.4 Å². The van der Waals surface area contributed by atoms with E-state index < -0.39 is 0 Å². The zero-order chi connectivity index (χ0) is 34.2. The summed E-state index contributed by atoms with van der Waals surface area (Å²) in [5, 5.41) is 10.7. The number of nitrogens with zero attached hydrogens (tertiary/aromatic N) is 3. The molecule has 0 fully saturated rings. The average molecular weight is 666 g/mol. The topological polar surface area (TPSA) is 43.9 Å². The van der Waals surface area contributed by atoms with Gasteiger partial charge in [-0.05, 0) is 76.9 Å². The van der Waals surface area contributed by atoms with E-state index in [9.17, 15) is 0 Å². The lowest BCUT2D eigenvalue weighted by molar-refractivity contribution is 0.666. The molecule has 7 aromatic carbocycles. The number of hydrogen-bond acceptors (Lipinski definition) is 3. The second kappa shape index (κ2) is 11.4. The minimum Gasteiger partial charge on any atom is -0.454 e. The summed E-state index contributed by atoms with van der Waals surface area (Å²) in [6, 6.07) is 53.5. The molecule has 3 heterocycles. The van der Waals surface area contributed by atoms with Crippen molar-refractivity contribution in [1.82, 2.24) is 14.5 Å². The zero-order valence-electron chi connectivity index (χ0n) is 28.3. The summed E-state index contributed by atoms with van der Waals surface area (Å²) in [5.74, 6) is 0.690. The van der Waals surface area contributed by atoms with Crippen LogP contribution in [0.4, 0.5) is 0 Å². The predicted molar refractivity (Wildman–Crippen MR) is 215 cm³/mol. The summed E-state index contributed by atoms with van der Waals surface area (Å²) in [5.41, 5.74) is 8.66. The van der Waals surface area contributed by atoms with Crippen molar-refractivity contribution in [3.8, 4) is 39.6 Å². The van der Waals surface area contributed by atoms with Crippen LogP contribution in [0, 0.1) is 0 Å². The van der Waals surface area contributed by atoms with Gasteiger partial charge in [-0.25, -0.2) is 9.97 Å². The van der Waals surface area contributed by atoms with Crippen LogP contribution in [0.2, 0.25) is 0 Å². The SMILES string of the molecule is C1=c2c(n(-c3ccc(-c4cc(-c5ccccc5)nc(-c5ccccc5)n4)c4c3oc3cc5ccccc5cc34)c3cc4ccccc4cc23)=CCC1. The molecule has 0 radical (unpaired) electrons. The summed E-state index contributed by atoms with van der Waals surface area (Å²) < 4.78 is 9.47. The summed E-state index contributed by atoms with van der Waals surface area (Å²) in [7, 11) is 0. The van der Waals surface area contributed by atoms with E-state index in [1.54, 1.807) is 0 Å². The Labute approximate surface area is 299 Å². The van der Waals surface area contributed by atoms with E-state index >= 15 is 0 Å². The van der Waals surface area contributed by atoms with E-state index in [1.165, 1.54) is 37.6 Å². The number of hydrogen-bond donors (Lipinski definition) is 0. The Morgan fingerprint density at radius 1 is 0.519 bits per heavy atom. The molecule has 10 aromatic rings. The van der Waals surface area contributed by atoms with E-state index in [0.29, 0.717) is 5.82 Å². The first-order chi connectivity index (χ1) is 25.8. The lowest BCUT2D eigenvalue weighted by Crippen LogP contribution is -2.30. The smallest absolute Gasteiger partial charge is 0.160 e. The number of benzene rings is 7. The minimum atomic E-state index is 0.690. The van der Waals surface area contributed by atoms with Gasteiger partial charge in [0.15, 0.2) is 11.4 Å². The van der Waals surface area contributed by atoms with Gasteiger partial charge in [-0.15, -0.1) is 0 Å². The quantitative estimate of drug-likeness (QED) is 0.188. The summed E-state index contributed by atoms with van der Waals surface area (Å²) >= 11 is 0. The first-order valence-corrected chi connectivity index (χ1v) is 17.9. The predicted octanol–water partition coefficient (Wildman–Crippen LogP) is 11.0. The van der Waals surface area contributed by atoms with Crippen LogP contribution in [-0.2, 0) is 0 Å². The van der Waals surface area contributed by atoms with Crippen molar-refractivity contribution in [1.29, 1.82) is 0 Å². The van der Waals surface area contributed by atoms with Gasteiger partial charge >= 0.3 is 0 Å². The van der Waals surface area contributed by atoms with E-state index in [1.807, 2.05) is 24.3 Å². The van der Waals surface area contributed by atoms with Gasteiger partial charge in [0.25, 0.3) is 0 Å². The van der Waals surface area contributed by atoms with E-state index in [2.05, 4.69) is 144 Å². The Kier molecular flexibility index (Phi) is 6.34. The molecule has 3 aromatic heterocycles. The third kappa shape index (κ3) is 4.47. The van der Waals surface area contributed by atoms with Crippen molar-refractivity contribution >= 4 is 66.5 Å². The monoisotopic (exact) mass is 665 g/mol. The average Bonchev–Trinajstić information content (AvgIpc) is 3.74. The maximum absolute atomic E-state index is 7.05. The molecule has 11 rings (SSSR count). The van der Waals surface area contributed by atoms with Gasteiger partial charge in [0.1, 0.15) is 5.58 Å². The number of rotatable bonds is 4. The Morgan fingerprint density at radius 2 is 1.13 bits per heavy atom. The second-order valence-electron chi connectivity index (χ2n) is 13.7. The molecule has 0 saturated heterocycles. The number of furan rings is 1. The van der Waals surface area contributed by atoms with Crippen molar-refractivity contribution < 1.29 is 4.42 Å². The molecular weight excluding hydrogens is 635 g/mol. The van der Waals surface area contributed by atoms with Crippen LogP contribution in [0.3, 0.4) is 0 Å². The molecule has 1 aliphatic rings. The molecule has 0 atom stereocenters. The van der Waals surface area contributed by atoms with Gasteiger partial charge in [-0.1, -0.05) is 121 Å². The van der Waals surface area contributed by atoms with E-state index in [-0.39, 0.29) is 0 Å². The van der Waals surface area contributed by atoms with Crippen molar-refractivity contribution in [2.24, 2.45) is 0 Å². The molecule has 0 unspecified atom stereocenters. The Hall–Kier alpha value is -6.78. The lowest BCUT2D eigenvalue weighted by atomic mass is 9.99. The van der Waals surface area contributed by atoms with Crippen LogP contribution in [-0.4, -0.2) is 14.5 Å². The van der Waals surface area contributed by atoms with Gasteiger partial charge < -0.3 is 8.98 Å². The normalized spacial score (nSPS) is 12.8. The van der Waals surface area contributed by atoms with Crippen LogP contribution in [0.15, 0.2) is 156 Å². The first kappa shape index (κ1) is 29.0. The summed E-state index contributed by atoms with van der Waals surface area (Å²) in [6.45, 7) is 0. The highest BCUT2D eigenvalue weighted by molar-refractivity contribution is 6.17. The van der Waals surface area contributed by atoms with Crippen molar-refractivity contribution in [3.05, 3.63) is 162 Å². The van der Waals surface area contributed by atoms with Crippen LogP contribution in [0.25, 0.3) is 106 Å². The molecule has 0 spiro atoms. The maximum atomic E-state index is 7.05. The molecule has 0 N–H and O–H groups in total. The molecule has 0 amide bonds. The molecule has 52 heavy (non-hydrogen) atoms. The summed E-state index contributed by atoms with van der Waals surface area (Å²) in [6.07, 6.45) is 6.82. The standard InChI is InChI=1S/C48H31N3O/c1-3-13-30(14-4-1)40-29-41(50-48(49-40)31-15-5-2-6-16-31)37-23-24-43(47-46(37)39-26-33-18-8-10-20-35(33)28-45(39)52-47)51-42-22-12-11-21-36(42)38-25-32-17-7-9-19-34(32)27-44(38)51/h1-10,13-29H,11-12H2. The molecule has 0 saturated carbocycles. The van der Waals surface area contributed by atoms with E-state index in [0.717, 1.165) is 73.9 Å². The van der Waals surface area contributed by atoms with Crippen molar-refractivity contribution in [2.75, 3.05) is 0 Å². The Bertz CT molecular complexity index is 3120. The molecule has 1 aliphatic carbocycles. The molecule has 0 bridgehead atoms. The fraction of sp³-hybridized carbons (Fsp3) is 0.0417. The second-order valence-corrected chi connectivity index (χ2v) is 13.7. The Morgan fingerprint density at radius 3 is 1.88 bits per heavy atom. The fourth-order valence-electron chi connectivity index (χ4n) is 8.14. The van der Waals surface area contributed by atoms with Crippen LogP contribution in [0.1, 0.15) is 12.8 Å². The highest BCUT2D eigenvalue weighted by atomic mass is 16.3. The first-order valence-electron chi connectivity index (χ1n) is 17.9. The highest BCUT2D eigenvalue weighted by Gasteiger charge is 2.22. The fourth-order valence-corrected chi connectivity index (χ4v) is 8.14. The molecule has 4 nitrogen and oxygen atoms in total. The van der Waals surface area contributed by atoms with Crippen LogP contribution in [0.5, 0.6) is 0 Å². The Balaban J connectivity index is 1.26. The van der Waals surface area contributed by atoms with Crippen LogP contribution < -0.4 is 10.6 Å². The zero-order valence-corrected chi connectivity index (χ0v) is 28.3. The van der Waals surface area contributed by atoms with Crippen molar-refractivity contribution in [2.45, 2.75) is 12.8 Å². The van der Waals surface area contributed by atoms with Gasteiger partial charge in [0.05, 0.1) is 22.6 Å². The van der Waals surface area contributed by atoms with Gasteiger partial charge in [0, 0.05) is 43.4 Å². The van der Waals surface area contributed by atoms with Crippen LogP contribution >= 0.6 is 0 Å². The van der Waals surface area contributed by atoms with Gasteiger partial charge in [0.2, 0.25) is 0 Å². The third-order valence-electron chi connectivity index (χ3n) is 10.6. The van der Waals surface area contributed by atoms with Gasteiger partial charge in [-0.3, -0.25) is 0 Å².